The van der Waals surface area contributed by atoms with E-state index < -0.39 is 5.97 Å². The lowest BCUT2D eigenvalue weighted by Crippen LogP contribution is -2.41. The quantitative estimate of drug-likeness (QED) is 0.683. The molecule has 1 fully saturated rings. The Morgan fingerprint density at radius 1 is 1.09 bits per heavy atom. The smallest absolute Gasteiger partial charge is 0.303 e. The molecule has 1 atom stereocenters. The van der Waals surface area contributed by atoms with Crippen LogP contribution < -0.4 is 5.32 Å². The average Bonchev–Trinajstić information content (AvgIpc) is 2.79. The molecule has 0 radical (unpaired) electrons. The monoisotopic (exact) mass is 434 g/mol. The zero-order chi connectivity index (χ0) is 22.5. The van der Waals surface area contributed by atoms with Crippen LogP contribution in [0.4, 0.5) is 5.69 Å². The summed E-state index contributed by atoms with van der Waals surface area (Å²) in [4.78, 5) is 26.0. The van der Waals surface area contributed by atoms with Gasteiger partial charge in [-0.15, -0.1) is 0 Å². The number of hydrazone groups is 1. The van der Waals surface area contributed by atoms with Crippen molar-refractivity contribution >= 4 is 23.8 Å². The number of anilines is 1. The molecule has 2 aromatic carbocycles. The van der Waals surface area contributed by atoms with Crippen LogP contribution in [0, 0.1) is 5.92 Å². The van der Waals surface area contributed by atoms with Crippen molar-refractivity contribution in [2.75, 3.05) is 38.5 Å². The Balaban J connectivity index is 1.33. The average molecular weight is 435 g/mol. The third-order valence-electron chi connectivity index (χ3n) is 6.28. The Bertz CT molecular complexity index is 995. The van der Waals surface area contributed by atoms with Crippen LogP contribution in [0.1, 0.15) is 39.9 Å². The Labute approximate surface area is 188 Å². The van der Waals surface area contributed by atoms with Gasteiger partial charge in [0, 0.05) is 43.9 Å². The molecule has 2 aromatic rings. The number of carboxylic acids is 1. The molecule has 1 heterocycles. The molecule has 2 N–H and O–H groups in total. The number of aryl methyl sites for hydroxylation is 1. The molecule has 4 rings (SSSR count). The molecular weight excluding hydrogens is 404 g/mol. The minimum atomic E-state index is -0.744. The minimum Gasteiger partial charge on any atom is -0.481 e. The number of nitrogens with zero attached hydrogens (tertiary/aromatic N) is 3. The highest BCUT2D eigenvalue weighted by Gasteiger charge is 2.22. The van der Waals surface area contributed by atoms with Crippen molar-refractivity contribution < 1.29 is 14.7 Å². The molecule has 168 valence electrons. The van der Waals surface area contributed by atoms with E-state index in [1.165, 1.54) is 0 Å². The number of piperazine rings is 1. The van der Waals surface area contributed by atoms with E-state index in [1.54, 1.807) is 0 Å². The molecule has 7 nitrogen and oxygen atoms in total. The second kappa shape index (κ2) is 9.96. The van der Waals surface area contributed by atoms with Crippen LogP contribution >= 0.6 is 0 Å². The van der Waals surface area contributed by atoms with Gasteiger partial charge in [0.2, 0.25) is 0 Å². The largest absolute Gasteiger partial charge is 0.481 e. The fourth-order valence-electron chi connectivity index (χ4n) is 4.31. The Hall–Kier alpha value is -3.19. The van der Waals surface area contributed by atoms with Gasteiger partial charge in [-0.25, -0.2) is 0 Å². The second-order valence-electron chi connectivity index (χ2n) is 8.77. The van der Waals surface area contributed by atoms with E-state index in [2.05, 4.69) is 27.4 Å². The predicted octanol–water partition coefficient (Wildman–Crippen LogP) is 3.10. The minimum absolute atomic E-state index is 0.140. The first-order valence-corrected chi connectivity index (χ1v) is 11.2. The van der Waals surface area contributed by atoms with Crippen molar-refractivity contribution in [1.82, 2.24) is 9.91 Å². The van der Waals surface area contributed by atoms with Gasteiger partial charge in [-0.1, -0.05) is 18.2 Å². The second-order valence-corrected chi connectivity index (χ2v) is 8.77. The number of hydrogen-bond donors (Lipinski definition) is 2. The third-order valence-corrected chi connectivity index (χ3v) is 6.28. The third kappa shape index (κ3) is 5.73. The van der Waals surface area contributed by atoms with Crippen LogP contribution in [-0.2, 0) is 17.6 Å². The number of carboxylic acid groups (broad SMARTS) is 1. The summed E-state index contributed by atoms with van der Waals surface area (Å²) >= 11 is 0. The Morgan fingerprint density at radius 2 is 1.84 bits per heavy atom. The number of fused-ring (bicyclic) bond motifs is 1. The zero-order valence-corrected chi connectivity index (χ0v) is 18.5. The summed E-state index contributed by atoms with van der Waals surface area (Å²) in [6.45, 7) is 3.91. The molecule has 0 aromatic heterocycles. The lowest BCUT2D eigenvalue weighted by Gasteiger charge is -2.30. The fourth-order valence-corrected chi connectivity index (χ4v) is 4.31. The Morgan fingerprint density at radius 3 is 2.56 bits per heavy atom. The maximum atomic E-state index is 12.7. The van der Waals surface area contributed by atoms with Crippen molar-refractivity contribution in [3.05, 3.63) is 64.7 Å². The molecule has 0 saturated carbocycles. The SMILES string of the molecule is CN1CCN(N=Cc2ccc(NC(=O)c3ccc4c(c3)CCC(CC(=O)O)C4)cc2)CC1. The number of nitrogens with one attached hydrogen (secondary N) is 1. The van der Waals surface area contributed by atoms with Gasteiger partial charge in [0.05, 0.1) is 6.21 Å². The van der Waals surface area contributed by atoms with E-state index in [4.69, 9.17) is 5.11 Å². The highest BCUT2D eigenvalue weighted by atomic mass is 16.4. The van der Waals surface area contributed by atoms with E-state index in [9.17, 15) is 9.59 Å². The molecular formula is C25H30N4O3. The first-order chi connectivity index (χ1) is 15.5. The summed E-state index contributed by atoms with van der Waals surface area (Å²) in [5.41, 5.74) is 4.66. The molecule has 1 aliphatic carbocycles. The first kappa shape index (κ1) is 22.0. The van der Waals surface area contributed by atoms with E-state index in [0.717, 1.165) is 67.8 Å². The molecule has 1 amide bonds. The standard InChI is InChI=1S/C25H30N4O3/c1-28-10-12-29(13-11-28)26-17-18-3-8-23(9-4-18)27-25(32)22-7-6-20-14-19(15-24(30)31)2-5-21(20)16-22/h3-4,6-9,16-17,19H,2,5,10-15H2,1H3,(H,27,32)(H,30,31). The van der Waals surface area contributed by atoms with Gasteiger partial charge in [0.1, 0.15) is 0 Å². The van der Waals surface area contributed by atoms with E-state index in [-0.39, 0.29) is 18.2 Å². The van der Waals surface area contributed by atoms with Gasteiger partial charge in [-0.3, -0.25) is 14.6 Å². The molecule has 0 bridgehead atoms. The number of benzene rings is 2. The zero-order valence-electron chi connectivity index (χ0n) is 18.5. The summed E-state index contributed by atoms with van der Waals surface area (Å²) < 4.78 is 0. The van der Waals surface area contributed by atoms with Gasteiger partial charge in [0.25, 0.3) is 5.91 Å². The first-order valence-electron chi connectivity index (χ1n) is 11.2. The van der Waals surface area contributed by atoms with E-state index in [1.807, 2.05) is 48.7 Å². The van der Waals surface area contributed by atoms with Gasteiger partial charge < -0.3 is 15.3 Å². The van der Waals surface area contributed by atoms with Gasteiger partial charge in [-0.05, 0) is 73.2 Å². The van der Waals surface area contributed by atoms with Crippen LogP contribution in [0.5, 0.6) is 0 Å². The van der Waals surface area contributed by atoms with Crippen molar-refractivity contribution in [2.24, 2.45) is 11.0 Å². The highest BCUT2D eigenvalue weighted by molar-refractivity contribution is 6.04. The fraction of sp³-hybridized carbons (Fsp3) is 0.400. The normalized spacial score (nSPS) is 19.0. The molecule has 7 heteroatoms. The van der Waals surface area contributed by atoms with Crippen LogP contribution in [0.2, 0.25) is 0 Å². The number of carbonyl (C=O) groups excluding carboxylic acids is 1. The predicted molar refractivity (Wildman–Crippen MR) is 125 cm³/mol. The topological polar surface area (TPSA) is 85.2 Å². The van der Waals surface area contributed by atoms with Crippen LogP contribution in [0.15, 0.2) is 47.6 Å². The molecule has 1 saturated heterocycles. The Kier molecular flexibility index (Phi) is 6.85. The van der Waals surface area contributed by atoms with Crippen molar-refractivity contribution in [2.45, 2.75) is 25.7 Å². The molecule has 2 aliphatic rings. The summed E-state index contributed by atoms with van der Waals surface area (Å²) in [6.07, 6.45) is 4.49. The van der Waals surface area contributed by atoms with E-state index in [0.29, 0.717) is 5.56 Å². The highest BCUT2D eigenvalue weighted by Crippen LogP contribution is 2.28. The number of rotatable bonds is 6. The maximum Gasteiger partial charge on any atom is 0.303 e. The number of likely N-dealkylation sites (N-methyl/N-ethyl adjacent to an activating group) is 1. The van der Waals surface area contributed by atoms with Gasteiger partial charge in [0.15, 0.2) is 0 Å². The number of hydrogen-bond acceptors (Lipinski definition) is 5. The van der Waals surface area contributed by atoms with E-state index >= 15 is 0 Å². The summed E-state index contributed by atoms with van der Waals surface area (Å²) in [5.74, 6) is -0.705. The van der Waals surface area contributed by atoms with Gasteiger partial charge >= 0.3 is 5.97 Å². The van der Waals surface area contributed by atoms with Crippen molar-refractivity contribution in [3.8, 4) is 0 Å². The van der Waals surface area contributed by atoms with Crippen LogP contribution in [0.25, 0.3) is 0 Å². The molecule has 1 aliphatic heterocycles. The van der Waals surface area contributed by atoms with Crippen molar-refractivity contribution in [3.63, 3.8) is 0 Å². The summed E-state index contributed by atoms with van der Waals surface area (Å²) in [5, 5.41) is 18.6. The number of aliphatic carboxylic acids is 1. The van der Waals surface area contributed by atoms with Gasteiger partial charge in [-0.2, -0.15) is 5.10 Å². The maximum absolute atomic E-state index is 12.7. The lowest BCUT2D eigenvalue weighted by atomic mass is 9.81. The van der Waals surface area contributed by atoms with Crippen molar-refractivity contribution in [1.29, 1.82) is 0 Å². The number of carbonyl (C=O) groups is 2. The van der Waals surface area contributed by atoms with Crippen LogP contribution in [0.3, 0.4) is 0 Å². The lowest BCUT2D eigenvalue weighted by molar-refractivity contribution is -0.138. The molecule has 32 heavy (non-hydrogen) atoms. The molecule has 0 spiro atoms. The summed E-state index contributed by atoms with van der Waals surface area (Å²) in [7, 11) is 2.12. The summed E-state index contributed by atoms with van der Waals surface area (Å²) in [6, 6.07) is 13.4. The number of amides is 1. The van der Waals surface area contributed by atoms with Crippen LogP contribution in [-0.4, -0.2) is 66.3 Å². The molecule has 1 unspecified atom stereocenters.